The van der Waals surface area contributed by atoms with Crippen molar-refractivity contribution in [3.8, 4) is 0 Å². The van der Waals surface area contributed by atoms with E-state index in [-0.39, 0.29) is 10.0 Å². The highest BCUT2D eigenvalue weighted by molar-refractivity contribution is 9.10. The molecule has 0 fully saturated rings. The number of benzene rings is 1. The number of halogens is 2. The number of H-pyrrole nitrogens is 1. The van der Waals surface area contributed by atoms with Gasteiger partial charge in [0, 0.05) is 0 Å². The quantitative estimate of drug-likeness (QED) is 0.767. The predicted molar refractivity (Wildman–Crippen MR) is 50.0 cm³/mol. The van der Waals surface area contributed by atoms with E-state index in [0.717, 1.165) is 0 Å². The largest absolute Gasteiger partial charge is 0.346 e. The van der Waals surface area contributed by atoms with Crippen molar-refractivity contribution >= 4 is 26.8 Å². The lowest BCUT2D eigenvalue weighted by molar-refractivity contribution is 0.622. The van der Waals surface area contributed by atoms with E-state index in [1.165, 1.54) is 18.5 Å². The lowest BCUT2D eigenvalue weighted by Crippen LogP contribution is -2.06. The third kappa shape index (κ3) is 1.35. The zero-order valence-corrected chi connectivity index (χ0v) is 7.93. The summed E-state index contributed by atoms with van der Waals surface area (Å²) in [5, 5.41) is 0.371. The SMILES string of the molecule is O=c1nc[nH]c2cc(F)c(Br)cc12. The van der Waals surface area contributed by atoms with Crippen LogP contribution in [0.1, 0.15) is 0 Å². The Kier molecular flexibility index (Phi) is 1.88. The maximum Gasteiger partial charge on any atom is 0.280 e. The van der Waals surface area contributed by atoms with Gasteiger partial charge in [0.1, 0.15) is 5.82 Å². The van der Waals surface area contributed by atoms with Gasteiger partial charge in [0.05, 0.1) is 21.7 Å². The summed E-state index contributed by atoms with van der Waals surface area (Å²) < 4.78 is 13.3. The minimum absolute atomic E-state index is 0.263. The Hall–Kier alpha value is -1.23. The Morgan fingerprint density at radius 1 is 1.46 bits per heavy atom. The maximum atomic E-state index is 13.0. The van der Waals surface area contributed by atoms with E-state index in [1.54, 1.807) is 0 Å². The summed E-state index contributed by atoms with van der Waals surface area (Å²) in [6.07, 6.45) is 1.25. The van der Waals surface area contributed by atoms with Gasteiger partial charge < -0.3 is 4.98 Å². The molecule has 0 aliphatic heterocycles. The third-order valence-corrected chi connectivity index (χ3v) is 2.30. The van der Waals surface area contributed by atoms with Crippen LogP contribution < -0.4 is 5.56 Å². The molecule has 5 heteroatoms. The maximum absolute atomic E-state index is 13.0. The lowest BCUT2D eigenvalue weighted by Gasteiger charge is -1.97. The standard InChI is InChI=1S/C8H4BrFN2O/c9-5-1-4-7(2-6(5)10)11-3-12-8(4)13/h1-3H,(H,11,12,13). The smallest absolute Gasteiger partial charge is 0.280 e. The minimum atomic E-state index is -0.408. The van der Waals surface area contributed by atoms with Gasteiger partial charge in [0.25, 0.3) is 5.56 Å². The molecule has 1 heterocycles. The van der Waals surface area contributed by atoms with Crippen LogP contribution in [0.3, 0.4) is 0 Å². The highest BCUT2D eigenvalue weighted by atomic mass is 79.9. The molecule has 0 aliphatic carbocycles. The summed E-state index contributed by atoms with van der Waals surface area (Å²) in [4.78, 5) is 17.4. The first-order valence-corrected chi connectivity index (χ1v) is 4.30. The van der Waals surface area contributed by atoms with Crippen LogP contribution in [0.4, 0.5) is 4.39 Å². The van der Waals surface area contributed by atoms with Crippen molar-refractivity contribution in [1.82, 2.24) is 9.97 Å². The van der Waals surface area contributed by atoms with E-state index >= 15 is 0 Å². The highest BCUT2D eigenvalue weighted by Gasteiger charge is 2.04. The van der Waals surface area contributed by atoms with E-state index in [4.69, 9.17) is 0 Å². The molecular formula is C8H4BrFN2O. The molecule has 0 spiro atoms. The van der Waals surface area contributed by atoms with Gasteiger partial charge in [0.2, 0.25) is 0 Å². The van der Waals surface area contributed by atoms with E-state index < -0.39 is 5.82 Å². The molecule has 1 aromatic carbocycles. The average Bonchev–Trinajstić information content (AvgIpc) is 2.09. The van der Waals surface area contributed by atoms with Crippen LogP contribution in [0.25, 0.3) is 10.9 Å². The molecule has 0 aliphatic rings. The van der Waals surface area contributed by atoms with Crippen LogP contribution in [-0.2, 0) is 0 Å². The van der Waals surface area contributed by atoms with E-state index in [2.05, 4.69) is 25.9 Å². The topological polar surface area (TPSA) is 45.8 Å². The Morgan fingerprint density at radius 3 is 3.00 bits per heavy atom. The normalized spacial score (nSPS) is 10.6. The first-order valence-electron chi connectivity index (χ1n) is 3.51. The lowest BCUT2D eigenvalue weighted by atomic mass is 10.2. The third-order valence-electron chi connectivity index (χ3n) is 1.69. The van der Waals surface area contributed by atoms with Gasteiger partial charge in [-0.25, -0.2) is 4.39 Å². The van der Waals surface area contributed by atoms with E-state index in [1.807, 2.05) is 0 Å². The van der Waals surface area contributed by atoms with Gasteiger partial charge in [-0.1, -0.05) is 0 Å². The van der Waals surface area contributed by atoms with Gasteiger partial charge in [0.15, 0.2) is 0 Å². The molecule has 0 amide bonds. The molecule has 2 aromatic rings. The molecular weight excluding hydrogens is 239 g/mol. The van der Waals surface area contributed by atoms with Gasteiger partial charge in [-0.3, -0.25) is 4.79 Å². The van der Waals surface area contributed by atoms with Gasteiger partial charge in [-0.15, -0.1) is 0 Å². The van der Waals surface area contributed by atoms with Gasteiger partial charge in [-0.2, -0.15) is 4.98 Å². The second-order valence-electron chi connectivity index (χ2n) is 2.52. The first-order chi connectivity index (χ1) is 6.18. The number of hydrogen-bond acceptors (Lipinski definition) is 2. The van der Waals surface area contributed by atoms with Crippen LogP contribution in [0.5, 0.6) is 0 Å². The molecule has 0 saturated carbocycles. The fourth-order valence-electron chi connectivity index (χ4n) is 1.07. The summed E-state index contributed by atoms with van der Waals surface area (Å²) in [6, 6.07) is 2.67. The fraction of sp³-hybridized carbons (Fsp3) is 0. The molecule has 0 saturated heterocycles. The van der Waals surface area contributed by atoms with E-state index in [9.17, 15) is 9.18 Å². The summed E-state index contributed by atoms with van der Waals surface area (Å²) in [5.41, 5.74) is 0.0788. The average molecular weight is 243 g/mol. The Bertz CT molecular complexity index is 523. The number of hydrogen-bond donors (Lipinski definition) is 1. The molecule has 0 radical (unpaired) electrons. The number of aromatic nitrogens is 2. The van der Waals surface area contributed by atoms with Crippen molar-refractivity contribution in [2.75, 3.05) is 0 Å². The first kappa shape index (κ1) is 8.37. The van der Waals surface area contributed by atoms with Gasteiger partial charge >= 0.3 is 0 Å². The van der Waals surface area contributed by atoms with Gasteiger partial charge in [-0.05, 0) is 28.1 Å². The van der Waals surface area contributed by atoms with Crippen molar-refractivity contribution in [2.24, 2.45) is 0 Å². The van der Waals surface area contributed by atoms with Crippen molar-refractivity contribution in [3.05, 3.63) is 39.1 Å². The van der Waals surface area contributed by atoms with Crippen molar-refractivity contribution < 1.29 is 4.39 Å². The molecule has 0 bridgehead atoms. The molecule has 0 unspecified atom stereocenters. The van der Waals surface area contributed by atoms with Crippen molar-refractivity contribution in [1.29, 1.82) is 0 Å². The highest BCUT2D eigenvalue weighted by Crippen LogP contribution is 2.19. The second-order valence-corrected chi connectivity index (χ2v) is 3.37. The monoisotopic (exact) mass is 242 g/mol. The minimum Gasteiger partial charge on any atom is -0.346 e. The van der Waals surface area contributed by atoms with Crippen molar-refractivity contribution in [3.63, 3.8) is 0 Å². The molecule has 1 N–H and O–H groups in total. The zero-order valence-electron chi connectivity index (χ0n) is 6.34. The Balaban J connectivity index is 2.97. The number of aromatic amines is 1. The Morgan fingerprint density at radius 2 is 2.23 bits per heavy atom. The Labute approximate surface area is 80.7 Å². The molecule has 1 aromatic heterocycles. The van der Waals surface area contributed by atoms with Crippen molar-refractivity contribution in [2.45, 2.75) is 0 Å². The number of nitrogens with one attached hydrogen (secondary N) is 1. The molecule has 3 nitrogen and oxygen atoms in total. The van der Waals surface area contributed by atoms with Crippen LogP contribution in [-0.4, -0.2) is 9.97 Å². The number of fused-ring (bicyclic) bond motifs is 1. The van der Waals surface area contributed by atoms with Crippen LogP contribution in [0.15, 0.2) is 27.7 Å². The fourth-order valence-corrected chi connectivity index (χ4v) is 1.42. The summed E-state index contributed by atoms with van der Waals surface area (Å²) in [5.74, 6) is -0.408. The number of rotatable bonds is 0. The van der Waals surface area contributed by atoms with E-state index in [0.29, 0.717) is 10.9 Å². The summed E-state index contributed by atoms with van der Waals surface area (Å²) in [7, 11) is 0. The van der Waals surface area contributed by atoms with Crippen LogP contribution in [0, 0.1) is 5.82 Å². The summed E-state index contributed by atoms with van der Waals surface area (Å²) in [6.45, 7) is 0. The molecule has 66 valence electrons. The number of nitrogens with zero attached hydrogens (tertiary/aromatic N) is 1. The summed E-state index contributed by atoms with van der Waals surface area (Å²) >= 11 is 2.99. The zero-order chi connectivity index (χ0) is 9.42. The molecule has 2 rings (SSSR count). The van der Waals surface area contributed by atoms with Crippen LogP contribution >= 0.6 is 15.9 Å². The molecule has 13 heavy (non-hydrogen) atoms. The van der Waals surface area contributed by atoms with Crippen LogP contribution in [0.2, 0.25) is 0 Å². The molecule has 0 atom stereocenters. The predicted octanol–water partition coefficient (Wildman–Crippen LogP) is 1.82. The second kappa shape index (κ2) is 2.92.